The summed E-state index contributed by atoms with van der Waals surface area (Å²) in [4.78, 5) is 25.8. The Labute approximate surface area is 216 Å². The first-order valence-corrected chi connectivity index (χ1v) is 11.9. The molecule has 0 radical (unpaired) electrons. The number of carbonyl (C=O) groups excluding carboxylic acids is 2. The number of hydrogen-bond acceptors (Lipinski definition) is 6. The Bertz CT molecular complexity index is 1170. The summed E-state index contributed by atoms with van der Waals surface area (Å²) in [5.41, 5.74) is -2.45. The van der Waals surface area contributed by atoms with Gasteiger partial charge in [-0.1, -0.05) is 12.1 Å². The number of nitrogens with one attached hydrogen (secondary N) is 1. The second-order valence-electron chi connectivity index (χ2n) is 9.41. The molecule has 0 aliphatic carbocycles. The summed E-state index contributed by atoms with van der Waals surface area (Å²) in [5.74, 6) is -2.84. The van der Waals surface area contributed by atoms with Gasteiger partial charge < -0.3 is 19.5 Å². The summed E-state index contributed by atoms with van der Waals surface area (Å²) < 4.78 is 81.6. The molecule has 38 heavy (non-hydrogen) atoms. The number of aromatic hydroxyl groups is 1. The van der Waals surface area contributed by atoms with Crippen LogP contribution in [0.3, 0.4) is 0 Å². The Balaban J connectivity index is 1.97. The number of rotatable bonds is 9. The number of morpholine rings is 1. The van der Waals surface area contributed by atoms with Crippen molar-refractivity contribution < 1.29 is 46.1 Å². The summed E-state index contributed by atoms with van der Waals surface area (Å²) in [7, 11) is 0. The molecule has 0 saturated carbocycles. The number of anilines is 1. The minimum Gasteiger partial charge on any atom is -0.507 e. The molecule has 12 heteroatoms. The average molecular weight is 545 g/mol. The largest absolute Gasteiger partial charge is 0.507 e. The molecule has 1 aliphatic rings. The molecule has 2 unspecified atom stereocenters. The number of benzene rings is 2. The lowest BCUT2D eigenvalue weighted by atomic mass is 9.96. The minimum absolute atomic E-state index is 0.0362. The number of phenolic OH excluding ortho intramolecular Hbond substituents is 1. The molecule has 1 heterocycles. The van der Waals surface area contributed by atoms with Gasteiger partial charge in [0.05, 0.1) is 13.2 Å². The quantitative estimate of drug-likeness (QED) is 0.348. The molecule has 1 saturated heterocycles. The van der Waals surface area contributed by atoms with E-state index in [2.05, 4.69) is 5.32 Å². The molecule has 0 spiro atoms. The zero-order valence-electron chi connectivity index (χ0n) is 21.1. The van der Waals surface area contributed by atoms with Crippen LogP contribution in [0.2, 0.25) is 0 Å². The maximum absolute atomic E-state index is 15.2. The summed E-state index contributed by atoms with van der Waals surface area (Å²) in [6, 6.07) is 2.58. The topological polar surface area (TPSA) is 88.1 Å². The van der Waals surface area contributed by atoms with Crippen LogP contribution in [0.25, 0.3) is 11.1 Å². The smallest absolute Gasteiger partial charge is 0.407 e. The molecule has 2 N–H and O–H groups in total. The predicted octanol–water partition coefficient (Wildman–Crippen LogP) is 4.82. The van der Waals surface area contributed by atoms with Gasteiger partial charge in [0.1, 0.15) is 35.9 Å². The first-order valence-electron chi connectivity index (χ1n) is 11.9. The normalized spacial score (nSPS) is 16.3. The first-order chi connectivity index (χ1) is 17.7. The summed E-state index contributed by atoms with van der Waals surface area (Å²) in [6.45, 7) is 3.94. The molecule has 2 atom stereocenters. The van der Waals surface area contributed by atoms with Crippen molar-refractivity contribution in [2.75, 3.05) is 31.3 Å². The van der Waals surface area contributed by atoms with E-state index < -0.39 is 47.7 Å². The van der Waals surface area contributed by atoms with Crippen LogP contribution in [0, 0.1) is 5.82 Å². The Morgan fingerprint density at radius 2 is 1.87 bits per heavy atom. The Hall–Kier alpha value is -3.25. The van der Waals surface area contributed by atoms with Crippen molar-refractivity contribution >= 4 is 17.6 Å². The van der Waals surface area contributed by atoms with E-state index in [0.717, 1.165) is 26.0 Å². The zero-order chi connectivity index (χ0) is 28.3. The van der Waals surface area contributed by atoms with Gasteiger partial charge in [0.15, 0.2) is 0 Å². The number of alkyl halides is 4. The summed E-state index contributed by atoms with van der Waals surface area (Å²) >= 11 is 0. The van der Waals surface area contributed by atoms with Gasteiger partial charge in [-0.2, -0.15) is 13.2 Å². The molecule has 1 fully saturated rings. The fourth-order valence-corrected chi connectivity index (χ4v) is 4.15. The summed E-state index contributed by atoms with van der Waals surface area (Å²) in [6.07, 6.45) is -5.59. The molecule has 2 aromatic carbocycles. The van der Waals surface area contributed by atoms with E-state index in [4.69, 9.17) is 9.47 Å². The van der Waals surface area contributed by atoms with E-state index in [1.165, 1.54) is 30.0 Å². The van der Waals surface area contributed by atoms with E-state index >= 15 is 4.39 Å². The maximum atomic E-state index is 15.2. The molecular formula is C26H29F5N2O5. The lowest BCUT2D eigenvalue weighted by molar-refractivity contribution is -0.165. The van der Waals surface area contributed by atoms with Crippen LogP contribution >= 0.6 is 0 Å². The third kappa shape index (κ3) is 7.19. The number of hydrogen-bond donors (Lipinski definition) is 2. The minimum atomic E-state index is -4.97. The molecular weight excluding hydrogens is 515 g/mol. The second kappa shape index (κ2) is 11.6. The first kappa shape index (κ1) is 29.3. The highest BCUT2D eigenvalue weighted by molar-refractivity contribution is 5.95. The van der Waals surface area contributed by atoms with Gasteiger partial charge in [0, 0.05) is 29.8 Å². The van der Waals surface area contributed by atoms with Gasteiger partial charge in [-0.25, -0.2) is 8.78 Å². The highest BCUT2D eigenvalue weighted by Crippen LogP contribution is 2.39. The molecule has 0 bridgehead atoms. The average Bonchev–Trinajstić information content (AvgIpc) is 2.81. The van der Waals surface area contributed by atoms with Crippen LogP contribution in [0.4, 0.5) is 27.6 Å². The van der Waals surface area contributed by atoms with Crippen molar-refractivity contribution in [3.63, 3.8) is 0 Å². The number of carbonyl (C=O) groups is 2. The second-order valence-corrected chi connectivity index (χ2v) is 9.41. The third-order valence-electron chi connectivity index (χ3n) is 5.85. The summed E-state index contributed by atoms with van der Waals surface area (Å²) in [5, 5.41) is 12.4. The highest BCUT2D eigenvalue weighted by Gasteiger charge is 2.44. The lowest BCUT2D eigenvalue weighted by Gasteiger charge is -2.29. The maximum Gasteiger partial charge on any atom is 0.407 e. The van der Waals surface area contributed by atoms with E-state index in [-0.39, 0.29) is 49.1 Å². The van der Waals surface area contributed by atoms with Crippen molar-refractivity contribution in [2.24, 2.45) is 0 Å². The van der Waals surface area contributed by atoms with E-state index in [1.807, 2.05) is 0 Å². The Morgan fingerprint density at radius 3 is 2.45 bits per heavy atom. The van der Waals surface area contributed by atoms with Gasteiger partial charge >= 0.3 is 12.1 Å². The van der Waals surface area contributed by atoms with Crippen LogP contribution in [-0.4, -0.2) is 61.2 Å². The van der Waals surface area contributed by atoms with Gasteiger partial charge in [-0.3, -0.25) is 14.9 Å². The van der Waals surface area contributed by atoms with Crippen molar-refractivity contribution in [1.29, 1.82) is 0 Å². The van der Waals surface area contributed by atoms with Crippen LogP contribution in [0.1, 0.15) is 38.8 Å². The molecule has 208 valence electrons. The molecule has 1 aliphatic heterocycles. The van der Waals surface area contributed by atoms with E-state index in [9.17, 15) is 32.3 Å². The van der Waals surface area contributed by atoms with Gasteiger partial charge in [-0.15, -0.1) is 0 Å². The third-order valence-corrected chi connectivity index (χ3v) is 5.85. The lowest BCUT2D eigenvalue weighted by Crippen LogP contribution is -2.47. The molecule has 7 nitrogen and oxygen atoms in total. The number of ether oxygens (including phenoxy) is 2. The Morgan fingerprint density at radius 1 is 1.16 bits per heavy atom. The van der Waals surface area contributed by atoms with Crippen LogP contribution in [-0.2, 0) is 19.1 Å². The van der Waals surface area contributed by atoms with Crippen LogP contribution < -0.4 is 10.2 Å². The van der Waals surface area contributed by atoms with Crippen molar-refractivity contribution in [2.45, 2.75) is 51.1 Å². The number of nitrogens with zero attached hydrogens (tertiary/aromatic N) is 1. The number of halogens is 5. The van der Waals surface area contributed by atoms with Gasteiger partial charge in [0.25, 0.3) is 5.91 Å². The zero-order valence-corrected chi connectivity index (χ0v) is 21.1. The highest BCUT2D eigenvalue weighted by atomic mass is 19.4. The fourth-order valence-electron chi connectivity index (χ4n) is 4.15. The fraction of sp³-hybridized carbons (Fsp3) is 0.462. The van der Waals surface area contributed by atoms with E-state index in [0.29, 0.717) is 11.8 Å². The van der Waals surface area contributed by atoms with Crippen molar-refractivity contribution in [1.82, 2.24) is 5.32 Å². The van der Waals surface area contributed by atoms with Crippen molar-refractivity contribution in [3.8, 4) is 16.9 Å². The predicted molar refractivity (Wildman–Crippen MR) is 129 cm³/mol. The SMILES string of the molecule is CCOC(=O)C(CC(C)(C)F)NC(c1ccc(-c2cc(N3CCOCC3=O)ccc2O)c(F)c1)C(F)(F)F. The molecule has 3 rings (SSSR count). The molecule has 2 aromatic rings. The van der Waals surface area contributed by atoms with Crippen LogP contribution in [0.15, 0.2) is 36.4 Å². The standard InChI is InChI=1S/C26H29F5N2O5/c1-4-38-24(36)20(13-25(2,3)28)32-23(26(29,30)31)15-5-7-17(19(27)11-15)18-12-16(6-8-21(18)34)33-9-10-37-14-22(33)35/h5-8,11-12,20,23,32,34H,4,9-10,13-14H2,1-3H3. The van der Waals surface area contributed by atoms with Crippen molar-refractivity contribution in [3.05, 3.63) is 47.8 Å². The number of phenols is 1. The van der Waals surface area contributed by atoms with Gasteiger partial charge in [-0.05, 0) is 50.6 Å². The molecule has 0 aromatic heterocycles. The molecule has 1 amide bonds. The van der Waals surface area contributed by atoms with Crippen LogP contribution in [0.5, 0.6) is 5.75 Å². The number of amides is 1. The Kier molecular flexibility index (Phi) is 8.98. The monoisotopic (exact) mass is 544 g/mol. The van der Waals surface area contributed by atoms with Gasteiger partial charge in [0.2, 0.25) is 0 Å². The number of esters is 1. The van der Waals surface area contributed by atoms with E-state index in [1.54, 1.807) is 0 Å².